The van der Waals surface area contributed by atoms with Gasteiger partial charge in [0.25, 0.3) is 0 Å². The number of rotatable bonds is 3. The molecule has 2 nitrogen and oxygen atoms in total. The number of nitrogens with two attached hydrogens (primary N) is 1. The number of hydrogen-bond donors (Lipinski definition) is 1. The molecule has 0 amide bonds. The molecule has 0 aromatic carbocycles. The van der Waals surface area contributed by atoms with Crippen molar-refractivity contribution in [2.24, 2.45) is 5.73 Å². The van der Waals surface area contributed by atoms with Crippen LogP contribution in [0.5, 0.6) is 0 Å². The molecule has 2 N–H and O–H groups in total. The molecule has 74 valence electrons. The van der Waals surface area contributed by atoms with E-state index in [1.165, 1.54) is 0 Å². The Balaban J connectivity index is 0.00000144. The second-order valence-corrected chi connectivity index (χ2v) is 3.10. The quantitative estimate of drug-likeness (QED) is 0.815. The molecule has 1 aromatic heterocycles. The highest BCUT2D eigenvalue weighted by Gasteiger charge is 2.04. The van der Waals surface area contributed by atoms with Gasteiger partial charge in [0, 0.05) is 11.7 Å². The van der Waals surface area contributed by atoms with Crippen LogP contribution >= 0.6 is 12.4 Å². The monoisotopic (exact) mass is 200 g/mol. The Hall–Kier alpha value is -0.600. The van der Waals surface area contributed by atoms with Gasteiger partial charge in [-0.15, -0.1) is 12.4 Å². The Bertz CT molecular complexity index is 250. The van der Waals surface area contributed by atoms with E-state index in [0.717, 1.165) is 24.2 Å². The third-order valence-electron chi connectivity index (χ3n) is 1.89. The number of aromatic nitrogens is 1. The van der Waals surface area contributed by atoms with E-state index in [2.05, 4.69) is 11.9 Å². The lowest BCUT2D eigenvalue weighted by Gasteiger charge is -2.09. The minimum absolute atomic E-state index is 0. The van der Waals surface area contributed by atoms with Gasteiger partial charge in [0.1, 0.15) is 0 Å². The summed E-state index contributed by atoms with van der Waals surface area (Å²) >= 11 is 0. The number of halogens is 1. The number of nitrogens with zero attached hydrogens (tertiary/aromatic N) is 1. The molecule has 0 aliphatic rings. The van der Waals surface area contributed by atoms with Gasteiger partial charge in [-0.1, -0.05) is 19.4 Å². The van der Waals surface area contributed by atoms with E-state index in [1.54, 1.807) is 0 Å². The molecule has 0 radical (unpaired) electrons. The minimum atomic E-state index is 0. The van der Waals surface area contributed by atoms with Crippen LogP contribution in [0.1, 0.15) is 37.2 Å². The zero-order chi connectivity index (χ0) is 8.97. The SMILES string of the molecule is CCC[C@@H](N)c1cccc(C)n1.Cl. The predicted molar refractivity (Wildman–Crippen MR) is 58.1 cm³/mol. The Morgan fingerprint density at radius 3 is 2.69 bits per heavy atom. The van der Waals surface area contributed by atoms with Crippen LogP contribution < -0.4 is 5.73 Å². The largest absolute Gasteiger partial charge is 0.323 e. The van der Waals surface area contributed by atoms with E-state index in [-0.39, 0.29) is 18.4 Å². The van der Waals surface area contributed by atoms with E-state index in [4.69, 9.17) is 5.73 Å². The molecule has 0 spiro atoms. The van der Waals surface area contributed by atoms with Crippen molar-refractivity contribution in [1.82, 2.24) is 4.98 Å². The molecule has 1 aromatic rings. The van der Waals surface area contributed by atoms with E-state index in [1.807, 2.05) is 25.1 Å². The second kappa shape index (κ2) is 5.95. The topological polar surface area (TPSA) is 38.9 Å². The average Bonchev–Trinajstić information content (AvgIpc) is 2.05. The molecule has 1 atom stereocenters. The fourth-order valence-corrected chi connectivity index (χ4v) is 1.23. The van der Waals surface area contributed by atoms with Crippen LogP contribution in [0.15, 0.2) is 18.2 Å². The van der Waals surface area contributed by atoms with Gasteiger partial charge < -0.3 is 5.73 Å². The van der Waals surface area contributed by atoms with Gasteiger partial charge >= 0.3 is 0 Å². The van der Waals surface area contributed by atoms with Crippen LogP contribution in [0.4, 0.5) is 0 Å². The molecular formula is C10H17ClN2. The fraction of sp³-hybridized carbons (Fsp3) is 0.500. The number of aryl methyl sites for hydroxylation is 1. The first kappa shape index (κ1) is 12.4. The lowest BCUT2D eigenvalue weighted by molar-refractivity contribution is 0.620. The summed E-state index contributed by atoms with van der Waals surface area (Å²) in [6, 6.07) is 6.10. The summed E-state index contributed by atoms with van der Waals surface area (Å²) in [5, 5.41) is 0. The maximum absolute atomic E-state index is 5.91. The highest BCUT2D eigenvalue weighted by molar-refractivity contribution is 5.85. The maximum atomic E-state index is 5.91. The third kappa shape index (κ3) is 3.75. The van der Waals surface area contributed by atoms with Crippen molar-refractivity contribution in [2.45, 2.75) is 32.7 Å². The molecule has 0 aliphatic heterocycles. The van der Waals surface area contributed by atoms with Crippen LogP contribution in [0.25, 0.3) is 0 Å². The van der Waals surface area contributed by atoms with Crippen molar-refractivity contribution >= 4 is 12.4 Å². The predicted octanol–water partition coefficient (Wildman–Crippen LogP) is 2.61. The highest BCUT2D eigenvalue weighted by Crippen LogP contribution is 2.12. The normalized spacial score (nSPS) is 11.9. The molecule has 13 heavy (non-hydrogen) atoms. The van der Waals surface area contributed by atoms with Gasteiger partial charge in [-0.3, -0.25) is 4.98 Å². The molecule has 3 heteroatoms. The summed E-state index contributed by atoms with van der Waals surface area (Å²) in [6.45, 7) is 4.12. The molecule has 0 bridgehead atoms. The fourth-order valence-electron chi connectivity index (χ4n) is 1.23. The summed E-state index contributed by atoms with van der Waals surface area (Å²) in [6.07, 6.45) is 2.12. The first-order valence-electron chi connectivity index (χ1n) is 4.43. The van der Waals surface area contributed by atoms with E-state index >= 15 is 0 Å². The zero-order valence-electron chi connectivity index (χ0n) is 8.16. The lowest BCUT2D eigenvalue weighted by Crippen LogP contribution is -2.11. The van der Waals surface area contributed by atoms with Crippen LogP contribution in [0.3, 0.4) is 0 Å². The van der Waals surface area contributed by atoms with Gasteiger partial charge in [-0.2, -0.15) is 0 Å². The highest BCUT2D eigenvalue weighted by atomic mass is 35.5. The Labute approximate surface area is 86.0 Å². The summed E-state index contributed by atoms with van der Waals surface area (Å²) in [5.41, 5.74) is 7.96. The van der Waals surface area contributed by atoms with Crippen molar-refractivity contribution in [3.05, 3.63) is 29.6 Å². The molecule has 1 heterocycles. The van der Waals surface area contributed by atoms with Crippen molar-refractivity contribution in [2.75, 3.05) is 0 Å². The summed E-state index contributed by atoms with van der Waals surface area (Å²) in [7, 11) is 0. The summed E-state index contributed by atoms with van der Waals surface area (Å²) in [5.74, 6) is 0. The molecule has 0 saturated carbocycles. The molecule has 0 aliphatic carbocycles. The molecular weight excluding hydrogens is 184 g/mol. The van der Waals surface area contributed by atoms with Crippen molar-refractivity contribution < 1.29 is 0 Å². The van der Waals surface area contributed by atoms with Crippen molar-refractivity contribution in [1.29, 1.82) is 0 Å². The second-order valence-electron chi connectivity index (χ2n) is 3.10. The van der Waals surface area contributed by atoms with Crippen molar-refractivity contribution in [3.8, 4) is 0 Å². The third-order valence-corrected chi connectivity index (χ3v) is 1.89. The van der Waals surface area contributed by atoms with Crippen molar-refractivity contribution in [3.63, 3.8) is 0 Å². The van der Waals surface area contributed by atoms with Crippen LogP contribution in [0, 0.1) is 6.92 Å². The minimum Gasteiger partial charge on any atom is -0.323 e. The van der Waals surface area contributed by atoms with E-state index in [9.17, 15) is 0 Å². The smallest absolute Gasteiger partial charge is 0.0574 e. The van der Waals surface area contributed by atoms with Gasteiger partial charge in [0.05, 0.1) is 5.69 Å². The molecule has 1 rings (SSSR count). The average molecular weight is 201 g/mol. The molecule has 0 fully saturated rings. The van der Waals surface area contributed by atoms with Gasteiger partial charge in [0.15, 0.2) is 0 Å². The number of pyridine rings is 1. The maximum Gasteiger partial charge on any atom is 0.0574 e. The first-order chi connectivity index (χ1) is 5.74. The summed E-state index contributed by atoms with van der Waals surface area (Å²) in [4.78, 5) is 4.37. The van der Waals surface area contributed by atoms with Crippen LogP contribution in [-0.2, 0) is 0 Å². The Morgan fingerprint density at radius 1 is 1.46 bits per heavy atom. The summed E-state index contributed by atoms with van der Waals surface area (Å²) < 4.78 is 0. The molecule has 0 saturated heterocycles. The zero-order valence-corrected chi connectivity index (χ0v) is 8.97. The Kier molecular flexibility index (Phi) is 5.67. The first-order valence-corrected chi connectivity index (χ1v) is 4.43. The molecule has 0 unspecified atom stereocenters. The van der Waals surface area contributed by atoms with E-state index < -0.39 is 0 Å². The van der Waals surface area contributed by atoms with E-state index in [0.29, 0.717) is 0 Å². The van der Waals surface area contributed by atoms with Crippen LogP contribution in [-0.4, -0.2) is 4.98 Å². The Morgan fingerprint density at radius 2 is 2.15 bits per heavy atom. The van der Waals surface area contributed by atoms with Gasteiger partial charge in [-0.25, -0.2) is 0 Å². The van der Waals surface area contributed by atoms with Crippen LogP contribution in [0.2, 0.25) is 0 Å². The van der Waals surface area contributed by atoms with Gasteiger partial charge in [-0.05, 0) is 25.5 Å². The standard InChI is InChI=1S/C10H16N2.ClH/c1-3-5-9(11)10-7-4-6-8(2)12-10;/h4,6-7,9H,3,5,11H2,1-2H3;1H/t9-;/m1./s1. The lowest BCUT2D eigenvalue weighted by atomic mass is 10.1. The number of hydrogen-bond acceptors (Lipinski definition) is 2. The van der Waals surface area contributed by atoms with Gasteiger partial charge in [0.2, 0.25) is 0 Å².